The number of benzene rings is 1. The van der Waals surface area contributed by atoms with Crippen LogP contribution in [-0.2, 0) is 6.42 Å². The Morgan fingerprint density at radius 1 is 1.35 bits per heavy atom. The van der Waals surface area contributed by atoms with Crippen molar-refractivity contribution in [1.29, 1.82) is 0 Å². The maximum absolute atomic E-state index is 12.1. The van der Waals surface area contributed by atoms with Crippen LogP contribution in [0.15, 0.2) is 29.3 Å². The van der Waals surface area contributed by atoms with E-state index in [1.807, 2.05) is 31.2 Å². The molecule has 0 aliphatic carbocycles. The molecule has 1 aliphatic heterocycles. The fraction of sp³-hybridized carbons (Fsp3) is 0.200. The van der Waals surface area contributed by atoms with Gasteiger partial charge in [-0.15, -0.1) is 11.3 Å². The van der Waals surface area contributed by atoms with Crippen LogP contribution in [-0.4, -0.2) is 11.6 Å². The highest BCUT2D eigenvalue weighted by molar-refractivity contribution is 7.16. The molecule has 0 fully saturated rings. The predicted molar refractivity (Wildman–Crippen MR) is 83.5 cm³/mol. The molecule has 0 radical (unpaired) electrons. The molecule has 2 N–H and O–H groups in total. The molecule has 2 heterocycles. The van der Waals surface area contributed by atoms with Crippen LogP contribution in [0.3, 0.4) is 0 Å². The molecule has 0 saturated heterocycles. The van der Waals surface area contributed by atoms with Gasteiger partial charge in [0, 0.05) is 16.3 Å². The first-order valence-corrected chi connectivity index (χ1v) is 7.47. The third-order valence-electron chi connectivity index (χ3n) is 3.37. The zero-order chi connectivity index (χ0) is 14.3. The molecule has 0 saturated carbocycles. The van der Waals surface area contributed by atoms with Crippen LogP contribution in [0.25, 0.3) is 0 Å². The smallest absolute Gasteiger partial charge is 0.173 e. The summed E-state index contributed by atoms with van der Waals surface area (Å²) in [5.41, 5.74) is 8.63. The number of hydrogen-bond donors (Lipinski definition) is 1. The van der Waals surface area contributed by atoms with Crippen LogP contribution in [0.4, 0.5) is 5.00 Å². The van der Waals surface area contributed by atoms with E-state index in [9.17, 15) is 4.79 Å². The molecule has 0 amide bonds. The number of halogens is 1. The van der Waals surface area contributed by atoms with Gasteiger partial charge in [0.25, 0.3) is 0 Å². The van der Waals surface area contributed by atoms with Crippen molar-refractivity contribution in [2.75, 3.05) is 0 Å². The van der Waals surface area contributed by atoms with E-state index >= 15 is 0 Å². The summed E-state index contributed by atoms with van der Waals surface area (Å²) >= 11 is 7.44. The van der Waals surface area contributed by atoms with E-state index < -0.39 is 0 Å². The van der Waals surface area contributed by atoms with E-state index in [-0.39, 0.29) is 12.2 Å². The minimum absolute atomic E-state index is 0.0728. The number of nitrogens with two attached hydrogens (primary N) is 1. The average molecular weight is 305 g/mol. The molecule has 0 atom stereocenters. The number of Topliss-reactive ketones (excluding diaryl/α,β-unsaturated/α-hetero) is 1. The number of amidine groups is 1. The van der Waals surface area contributed by atoms with Gasteiger partial charge in [-0.25, -0.2) is 4.99 Å². The first-order valence-electron chi connectivity index (χ1n) is 6.27. The third-order valence-corrected chi connectivity index (χ3v) is 4.81. The molecule has 102 valence electrons. The number of rotatable bonds is 2. The number of ketones is 1. The lowest BCUT2D eigenvalue weighted by atomic mass is 10.0. The molecule has 5 heteroatoms. The molecule has 1 aromatic heterocycles. The summed E-state index contributed by atoms with van der Waals surface area (Å²) in [7, 11) is 0. The fourth-order valence-corrected chi connectivity index (χ4v) is 3.72. The summed E-state index contributed by atoms with van der Waals surface area (Å²) in [6.07, 6.45) is 1.01. The molecule has 0 unspecified atom stereocenters. The van der Waals surface area contributed by atoms with Crippen molar-refractivity contribution in [3.8, 4) is 0 Å². The molecule has 3 nitrogen and oxygen atoms in total. The zero-order valence-electron chi connectivity index (χ0n) is 10.9. The topological polar surface area (TPSA) is 55.5 Å². The second-order valence-electron chi connectivity index (χ2n) is 4.84. The van der Waals surface area contributed by atoms with Crippen molar-refractivity contribution in [1.82, 2.24) is 0 Å². The molecule has 3 rings (SSSR count). The van der Waals surface area contributed by atoms with Crippen LogP contribution >= 0.6 is 22.9 Å². The van der Waals surface area contributed by atoms with Crippen LogP contribution < -0.4 is 5.73 Å². The van der Waals surface area contributed by atoms with Crippen molar-refractivity contribution < 1.29 is 4.79 Å². The van der Waals surface area contributed by atoms with Gasteiger partial charge in [-0.3, -0.25) is 4.79 Å². The maximum atomic E-state index is 12.1. The number of carbonyl (C=O) groups is 1. The number of thiophene rings is 1. The lowest BCUT2D eigenvalue weighted by Crippen LogP contribution is -2.20. The molecular formula is C15H13ClN2OS. The van der Waals surface area contributed by atoms with Crippen molar-refractivity contribution >= 4 is 39.6 Å². The Hall–Kier alpha value is -1.65. The Labute approximate surface area is 126 Å². The first kappa shape index (κ1) is 13.3. The minimum atomic E-state index is 0.0728. The SMILES string of the molecule is Cc1c(Cc2ccc(Cl)cc2)sc2c1C(=O)CC(N)=N2. The number of carbonyl (C=O) groups excluding carboxylic acids is 1. The molecule has 0 spiro atoms. The largest absolute Gasteiger partial charge is 0.387 e. The number of hydrogen-bond acceptors (Lipinski definition) is 4. The Balaban J connectivity index is 1.98. The van der Waals surface area contributed by atoms with Gasteiger partial charge in [-0.05, 0) is 30.2 Å². The maximum Gasteiger partial charge on any atom is 0.173 e. The van der Waals surface area contributed by atoms with Crippen molar-refractivity contribution in [3.63, 3.8) is 0 Å². The summed E-state index contributed by atoms with van der Waals surface area (Å²) in [6.45, 7) is 1.98. The second-order valence-corrected chi connectivity index (χ2v) is 6.36. The monoisotopic (exact) mass is 304 g/mol. The fourth-order valence-electron chi connectivity index (χ4n) is 2.33. The van der Waals surface area contributed by atoms with Gasteiger partial charge in [0.05, 0.1) is 12.0 Å². The first-order chi connectivity index (χ1) is 9.54. The third kappa shape index (κ3) is 2.37. The summed E-state index contributed by atoms with van der Waals surface area (Å²) in [5.74, 6) is 0.477. The predicted octanol–water partition coefficient (Wildman–Crippen LogP) is 3.88. The highest BCUT2D eigenvalue weighted by Gasteiger charge is 2.25. The lowest BCUT2D eigenvalue weighted by molar-refractivity contribution is 0.0999. The summed E-state index contributed by atoms with van der Waals surface area (Å²) in [4.78, 5) is 17.5. The Kier molecular flexibility index (Phi) is 3.36. The molecule has 20 heavy (non-hydrogen) atoms. The lowest BCUT2D eigenvalue weighted by Gasteiger charge is -2.07. The Morgan fingerprint density at radius 2 is 2.05 bits per heavy atom. The van der Waals surface area contributed by atoms with E-state index in [1.54, 1.807) is 11.3 Å². The number of fused-ring (bicyclic) bond motifs is 1. The van der Waals surface area contributed by atoms with Gasteiger partial charge >= 0.3 is 0 Å². The summed E-state index contributed by atoms with van der Waals surface area (Å²) in [6, 6.07) is 7.75. The van der Waals surface area contributed by atoms with Crippen LogP contribution in [0.5, 0.6) is 0 Å². The zero-order valence-corrected chi connectivity index (χ0v) is 12.5. The quantitative estimate of drug-likeness (QED) is 0.915. The van der Waals surface area contributed by atoms with Crippen LogP contribution in [0, 0.1) is 6.92 Å². The van der Waals surface area contributed by atoms with Gasteiger partial charge in [0.15, 0.2) is 5.78 Å². The van der Waals surface area contributed by atoms with Gasteiger partial charge in [-0.2, -0.15) is 0 Å². The van der Waals surface area contributed by atoms with Gasteiger partial charge in [-0.1, -0.05) is 23.7 Å². The van der Waals surface area contributed by atoms with E-state index in [0.29, 0.717) is 5.84 Å². The number of nitrogens with zero attached hydrogens (tertiary/aromatic N) is 1. The highest BCUT2D eigenvalue weighted by Crippen LogP contribution is 2.39. The second kappa shape index (κ2) is 5.04. The van der Waals surface area contributed by atoms with Crippen LogP contribution in [0.2, 0.25) is 5.02 Å². The highest BCUT2D eigenvalue weighted by atomic mass is 35.5. The molecule has 1 aliphatic rings. The number of aliphatic imine (C=N–C) groups is 1. The van der Waals surface area contributed by atoms with Gasteiger partial charge in [0.1, 0.15) is 10.8 Å². The van der Waals surface area contributed by atoms with E-state index in [0.717, 1.165) is 32.4 Å². The minimum Gasteiger partial charge on any atom is -0.387 e. The Bertz CT molecular complexity index is 716. The van der Waals surface area contributed by atoms with Crippen molar-refractivity contribution in [2.24, 2.45) is 10.7 Å². The van der Waals surface area contributed by atoms with E-state index in [2.05, 4.69) is 4.99 Å². The van der Waals surface area contributed by atoms with E-state index in [1.165, 1.54) is 5.56 Å². The van der Waals surface area contributed by atoms with Gasteiger partial charge < -0.3 is 5.73 Å². The van der Waals surface area contributed by atoms with E-state index in [4.69, 9.17) is 17.3 Å². The van der Waals surface area contributed by atoms with Crippen LogP contribution in [0.1, 0.15) is 32.8 Å². The molecule has 1 aromatic carbocycles. The summed E-state index contributed by atoms with van der Waals surface area (Å²) < 4.78 is 0. The average Bonchev–Trinajstić information content (AvgIpc) is 2.69. The molecule has 2 aromatic rings. The summed E-state index contributed by atoms with van der Waals surface area (Å²) in [5, 5.41) is 1.48. The van der Waals surface area contributed by atoms with Crippen molar-refractivity contribution in [3.05, 3.63) is 50.9 Å². The Morgan fingerprint density at radius 3 is 2.75 bits per heavy atom. The van der Waals surface area contributed by atoms with Gasteiger partial charge in [0.2, 0.25) is 0 Å². The molecular weight excluding hydrogens is 292 g/mol. The normalized spacial score (nSPS) is 14.1. The van der Waals surface area contributed by atoms with Crippen molar-refractivity contribution in [2.45, 2.75) is 19.8 Å². The molecule has 0 bridgehead atoms. The standard InChI is InChI=1S/C15H13ClN2OS/c1-8-12(6-9-2-4-10(16)5-3-9)20-15-14(8)11(19)7-13(17)18-15/h2-5H,6-7H2,1H3,(H2,17,18).